The molecule has 0 N–H and O–H groups in total. The molecule has 1 aromatic heterocycles. The van der Waals surface area contributed by atoms with Gasteiger partial charge in [-0.05, 0) is 44.4 Å². The van der Waals surface area contributed by atoms with Gasteiger partial charge in [0.1, 0.15) is 11.3 Å². The minimum atomic E-state index is 0.0983. The van der Waals surface area contributed by atoms with E-state index < -0.39 is 0 Å². The lowest BCUT2D eigenvalue weighted by atomic mass is 9.83. The number of aromatic nitrogens is 1. The molecule has 3 aliphatic heterocycles. The summed E-state index contributed by atoms with van der Waals surface area (Å²) in [7, 11) is 0. The van der Waals surface area contributed by atoms with E-state index in [9.17, 15) is 4.79 Å². The van der Waals surface area contributed by atoms with E-state index in [1.807, 2.05) is 11.8 Å². The van der Waals surface area contributed by atoms with Crippen LogP contribution in [0.25, 0.3) is 0 Å². The number of piperidine rings is 1. The summed E-state index contributed by atoms with van der Waals surface area (Å²) < 4.78 is 5.06. The smallest absolute Gasteiger partial charge is 0.259 e. The maximum atomic E-state index is 12.8. The van der Waals surface area contributed by atoms with Gasteiger partial charge in [-0.3, -0.25) is 9.69 Å². The molecule has 4 fully saturated rings. The van der Waals surface area contributed by atoms with Crippen LogP contribution in [0.4, 0.5) is 0 Å². The molecule has 5 rings (SSSR count). The summed E-state index contributed by atoms with van der Waals surface area (Å²) in [6, 6.07) is 0.545. The molecule has 1 aliphatic carbocycles. The highest BCUT2D eigenvalue weighted by Crippen LogP contribution is 2.33. The molecule has 5 nitrogen and oxygen atoms in total. The molecule has 1 saturated carbocycles. The summed E-state index contributed by atoms with van der Waals surface area (Å²) in [4.78, 5) is 17.5. The van der Waals surface area contributed by atoms with Gasteiger partial charge in [0, 0.05) is 32.2 Å². The number of carbonyl (C=O) groups is 1. The highest BCUT2D eigenvalue weighted by Gasteiger charge is 2.38. The van der Waals surface area contributed by atoms with E-state index in [4.69, 9.17) is 4.52 Å². The topological polar surface area (TPSA) is 49.6 Å². The molecule has 4 aliphatic rings. The highest BCUT2D eigenvalue weighted by atomic mass is 16.5. The third-order valence-electron chi connectivity index (χ3n) is 5.81. The van der Waals surface area contributed by atoms with Gasteiger partial charge in [0.05, 0.1) is 6.20 Å². The van der Waals surface area contributed by atoms with Crippen molar-refractivity contribution in [3.05, 3.63) is 17.5 Å². The van der Waals surface area contributed by atoms with Crippen LogP contribution in [0, 0.1) is 18.8 Å². The summed E-state index contributed by atoms with van der Waals surface area (Å²) in [5.74, 6) is 2.26. The summed E-state index contributed by atoms with van der Waals surface area (Å²) >= 11 is 0. The van der Waals surface area contributed by atoms with Crippen molar-refractivity contribution in [2.24, 2.45) is 11.8 Å². The molecule has 0 spiro atoms. The van der Waals surface area contributed by atoms with Crippen molar-refractivity contribution in [3.63, 3.8) is 0 Å². The van der Waals surface area contributed by atoms with Crippen LogP contribution < -0.4 is 0 Å². The number of hydrogen-bond donors (Lipinski definition) is 0. The Bertz CT molecular complexity index is 552. The average molecular weight is 303 g/mol. The number of aryl methyl sites for hydroxylation is 1. The SMILES string of the molecule is Cc1oncc1C(=O)N1C[C@@H]2CC[C@H](C1)N(CC1CCC1)C2. The van der Waals surface area contributed by atoms with Crippen molar-refractivity contribution in [1.82, 2.24) is 15.0 Å². The highest BCUT2D eigenvalue weighted by molar-refractivity contribution is 5.94. The Morgan fingerprint density at radius 1 is 1.27 bits per heavy atom. The van der Waals surface area contributed by atoms with Gasteiger partial charge in [0.15, 0.2) is 0 Å². The lowest BCUT2D eigenvalue weighted by Gasteiger charge is -2.40. The number of nitrogens with zero attached hydrogens (tertiary/aromatic N) is 3. The second-order valence-electron chi connectivity index (χ2n) is 7.35. The predicted octanol–water partition coefficient (Wildman–Crippen LogP) is 2.32. The summed E-state index contributed by atoms with van der Waals surface area (Å²) in [5.41, 5.74) is 0.631. The summed E-state index contributed by atoms with van der Waals surface area (Å²) in [5, 5.41) is 3.75. The molecule has 1 aromatic rings. The van der Waals surface area contributed by atoms with E-state index in [1.54, 1.807) is 6.20 Å². The van der Waals surface area contributed by atoms with Gasteiger partial charge >= 0.3 is 0 Å². The molecule has 4 heterocycles. The molecule has 5 heteroatoms. The number of carbonyl (C=O) groups excluding carboxylic acids is 1. The average Bonchev–Trinajstić information content (AvgIpc) is 2.71. The Balaban J connectivity index is 1.48. The Labute approximate surface area is 131 Å². The third kappa shape index (κ3) is 2.56. The Kier molecular flexibility index (Phi) is 3.68. The van der Waals surface area contributed by atoms with Crippen LogP contribution in [0.3, 0.4) is 0 Å². The van der Waals surface area contributed by atoms with Gasteiger partial charge in [0.25, 0.3) is 5.91 Å². The molecular formula is C17H25N3O2. The maximum absolute atomic E-state index is 12.8. The van der Waals surface area contributed by atoms with Crippen LogP contribution in [0.5, 0.6) is 0 Å². The standard InChI is InChI=1S/C17H25N3O2/c1-12-16(7-18-22-12)17(21)20-10-14-5-6-15(11-20)19(9-14)8-13-3-2-4-13/h7,13-15H,2-6,8-11H2,1H3/t14-,15-/m1/s1. The van der Waals surface area contributed by atoms with Crippen molar-refractivity contribution >= 4 is 5.91 Å². The molecule has 2 atom stereocenters. The van der Waals surface area contributed by atoms with Crippen LogP contribution in [0.2, 0.25) is 0 Å². The van der Waals surface area contributed by atoms with Crippen LogP contribution >= 0.6 is 0 Å². The number of amides is 1. The fraction of sp³-hybridized carbons (Fsp3) is 0.765. The second kappa shape index (κ2) is 5.69. The van der Waals surface area contributed by atoms with Crippen LogP contribution in [0.15, 0.2) is 10.7 Å². The van der Waals surface area contributed by atoms with Crippen molar-refractivity contribution in [2.75, 3.05) is 26.2 Å². The molecule has 120 valence electrons. The van der Waals surface area contributed by atoms with Crippen LogP contribution in [0.1, 0.15) is 48.2 Å². The lowest BCUT2D eigenvalue weighted by Crippen LogP contribution is -2.47. The molecule has 0 unspecified atom stereocenters. The lowest BCUT2D eigenvalue weighted by molar-refractivity contribution is 0.0715. The van der Waals surface area contributed by atoms with Gasteiger partial charge in [-0.1, -0.05) is 11.6 Å². The van der Waals surface area contributed by atoms with Crippen LogP contribution in [-0.2, 0) is 0 Å². The normalized spacial score (nSPS) is 29.4. The van der Waals surface area contributed by atoms with E-state index in [-0.39, 0.29) is 5.91 Å². The number of rotatable bonds is 3. The molecular weight excluding hydrogens is 278 g/mol. The van der Waals surface area contributed by atoms with Gasteiger partial charge in [0.2, 0.25) is 0 Å². The molecule has 0 radical (unpaired) electrons. The van der Waals surface area contributed by atoms with Crippen molar-refractivity contribution in [2.45, 2.75) is 45.1 Å². The first kappa shape index (κ1) is 14.2. The zero-order chi connectivity index (χ0) is 15.1. The van der Waals surface area contributed by atoms with Gasteiger partial charge in [-0.15, -0.1) is 0 Å². The van der Waals surface area contributed by atoms with Crippen molar-refractivity contribution < 1.29 is 9.32 Å². The molecule has 2 bridgehead atoms. The number of fused-ring (bicyclic) bond motifs is 4. The molecule has 1 amide bonds. The fourth-order valence-electron chi connectivity index (χ4n) is 4.25. The minimum Gasteiger partial charge on any atom is -0.361 e. The maximum Gasteiger partial charge on any atom is 0.259 e. The Morgan fingerprint density at radius 2 is 2.14 bits per heavy atom. The zero-order valence-electron chi connectivity index (χ0n) is 13.3. The molecule has 0 aromatic carbocycles. The van der Waals surface area contributed by atoms with E-state index in [1.165, 1.54) is 45.2 Å². The Hall–Kier alpha value is -1.36. The Morgan fingerprint density at radius 3 is 2.82 bits per heavy atom. The first-order chi connectivity index (χ1) is 10.7. The first-order valence-corrected chi connectivity index (χ1v) is 8.65. The van der Waals surface area contributed by atoms with E-state index >= 15 is 0 Å². The largest absolute Gasteiger partial charge is 0.361 e. The van der Waals surface area contributed by atoms with Gasteiger partial charge < -0.3 is 9.42 Å². The quantitative estimate of drug-likeness (QED) is 0.860. The first-order valence-electron chi connectivity index (χ1n) is 8.65. The van der Waals surface area contributed by atoms with Crippen molar-refractivity contribution in [3.8, 4) is 0 Å². The van der Waals surface area contributed by atoms with E-state index in [0.717, 1.165) is 19.0 Å². The zero-order valence-corrected chi connectivity index (χ0v) is 13.3. The predicted molar refractivity (Wildman–Crippen MR) is 82.6 cm³/mol. The molecule has 22 heavy (non-hydrogen) atoms. The summed E-state index contributed by atoms with van der Waals surface area (Å²) in [6.07, 6.45) is 8.27. The number of hydrogen-bond acceptors (Lipinski definition) is 4. The van der Waals surface area contributed by atoms with Gasteiger partial charge in [-0.25, -0.2) is 0 Å². The summed E-state index contributed by atoms with van der Waals surface area (Å²) in [6.45, 7) is 5.99. The fourth-order valence-corrected chi connectivity index (χ4v) is 4.25. The van der Waals surface area contributed by atoms with Crippen LogP contribution in [-0.4, -0.2) is 53.1 Å². The second-order valence-corrected chi connectivity index (χ2v) is 7.35. The molecule has 3 saturated heterocycles. The third-order valence-corrected chi connectivity index (χ3v) is 5.81. The van der Waals surface area contributed by atoms with Gasteiger partial charge in [-0.2, -0.15) is 0 Å². The monoisotopic (exact) mass is 303 g/mol. The minimum absolute atomic E-state index is 0.0983. The van der Waals surface area contributed by atoms with E-state index in [2.05, 4.69) is 10.1 Å². The van der Waals surface area contributed by atoms with Crippen molar-refractivity contribution in [1.29, 1.82) is 0 Å². The van der Waals surface area contributed by atoms with E-state index in [0.29, 0.717) is 23.3 Å².